The van der Waals surface area contributed by atoms with Crippen LogP contribution in [0, 0.1) is 12.7 Å². The SMILES string of the molecule is Cc1cc(F)c2c(c1)C(=O)OC21CCN(c2nc3c(c(=O)[nH]2)CCCN3)CC1. The smallest absolute Gasteiger partial charge is 0.339 e. The summed E-state index contributed by atoms with van der Waals surface area (Å²) < 4.78 is 20.4. The minimum absolute atomic E-state index is 0.119. The van der Waals surface area contributed by atoms with Gasteiger partial charge >= 0.3 is 5.97 Å². The Morgan fingerprint density at radius 2 is 2.04 bits per heavy atom. The number of hydrogen-bond donors (Lipinski definition) is 2. The maximum absolute atomic E-state index is 14.7. The molecule has 2 aromatic rings. The average Bonchev–Trinajstić information content (AvgIpc) is 2.94. The first-order valence-electron chi connectivity index (χ1n) is 9.63. The maximum atomic E-state index is 14.7. The molecule has 3 aliphatic heterocycles. The number of aryl methyl sites for hydroxylation is 1. The number of anilines is 2. The van der Waals surface area contributed by atoms with Crippen molar-refractivity contribution < 1.29 is 13.9 Å². The van der Waals surface area contributed by atoms with Crippen LogP contribution in [-0.4, -0.2) is 35.6 Å². The van der Waals surface area contributed by atoms with Gasteiger partial charge in [-0.1, -0.05) is 0 Å². The van der Waals surface area contributed by atoms with Gasteiger partial charge in [0.1, 0.15) is 17.2 Å². The lowest BCUT2D eigenvalue weighted by atomic mass is 9.83. The molecule has 3 aliphatic rings. The van der Waals surface area contributed by atoms with Crippen LogP contribution < -0.4 is 15.8 Å². The average molecular weight is 384 g/mol. The van der Waals surface area contributed by atoms with Gasteiger partial charge in [-0.25, -0.2) is 9.18 Å². The number of fused-ring (bicyclic) bond motifs is 3. The van der Waals surface area contributed by atoms with E-state index in [0.717, 1.165) is 19.4 Å². The van der Waals surface area contributed by atoms with E-state index in [2.05, 4.69) is 15.3 Å². The molecule has 1 spiro atoms. The fourth-order valence-corrected chi connectivity index (χ4v) is 4.57. The number of aromatic nitrogens is 2. The lowest BCUT2D eigenvalue weighted by molar-refractivity contribution is -0.0225. The zero-order valence-electron chi connectivity index (χ0n) is 15.6. The Morgan fingerprint density at radius 1 is 1.25 bits per heavy atom. The van der Waals surface area contributed by atoms with Crippen LogP contribution in [-0.2, 0) is 16.8 Å². The highest BCUT2D eigenvalue weighted by molar-refractivity contribution is 5.95. The van der Waals surface area contributed by atoms with E-state index in [1.54, 1.807) is 13.0 Å². The second kappa shape index (κ2) is 6.05. The zero-order chi connectivity index (χ0) is 19.5. The summed E-state index contributed by atoms with van der Waals surface area (Å²) >= 11 is 0. The number of H-pyrrole nitrogens is 1. The number of esters is 1. The Kier molecular flexibility index (Phi) is 3.72. The summed E-state index contributed by atoms with van der Waals surface area (Å²) in [6.45, 7) is 3.57. The van der Waals surface area contributed by atoms with Crippen molar-refractivity contribution in [2.24, 2.45) is 0 Å². The van der Waals surface area contributed by atoms with E-state index in [1.807, 2.05) is 4.90 Å². The van der Waals surface area contributed by atoms with Crippen molar-refractivity contribution in [2.45, 2.75) is 38.2 Å². The third-order valence-corrected chi connectivity index (χ3v) is 5.97. The highest BCUT2D eigenvalue weighted by Gasteiger charge is 2.49. The number of ether oxygens (including phenoxy) is 1. The molecule has 28 heavy (non-hydrogen) atoms. The van der Waals surface area contributed by atoms with Crippen LogP contribution in [0.1, 0.15) is 46.3 Å². The molecule has 146 valence electrons. The van der Waals surface area contributed by atoms with Crippen LogP contribution in [0.4, 0.5) is 16.2 Å². The number of benzene rings is 1. The second-order valence-electron chi connectivity index (χ2n) is 7.79. The van der Waals surface area contributed by atoms with Crippen LogP contribution >= 0.6 is 0 Å². The van der Waals surface area contributed by atoms with E-state index in [9.17, 15) is 14.0 Å². The molecule has 1 fully saturated rings. The van der Waals surface area contributed by atoms with E-state index in [4.69, 9.17) is 4.74 Å². The van der Waals surface area contributed by atoms with E-state index in [1.165, 1.54) is 6.07 Å². The van der Waals surface area contributed by atoms with Gasteiger partial charge in [0.05, 0.1) is 11.1 Å². The minimum atomic E-state index is -0.937. The lowest BCUT2D eigenvalue weighted by Gasteiger charge is -2.39. The minimum Gasteiger partial charge on any atom is -0.450 e. The van der Waals surface area contributed by atoms with Crippen molar-refractivity contribution in [1.82, 2.24) is 9.97 Å². The van der Waals surface area contributed by atoms with Crippen molar-refractivity contribution in [3.63, 3.8) is 0 Å². The molecule has 4 heterocycles. The van der Waals surface area contributed by atoms with Gasteiger partial charge in [-0.05, 0) is 37.5 Å². The van der Waals surface area contributed by atoms with E-state index in [-0.39, 0.29) is 11.4 Å². The van der Waals surface area contributed by atoms with Gasteiger partial charge in [0, 0.05) is 38.0 Å². The molecule has 0 amide bonds. The zero-order valence-corrected chi connectivity index (χ0v) is 15.6. The summed E-state index contributed by atoms with van der Waals surface area (Å²) in [5.74, 6) is 0.292. The molecule has 1 aromatic heterocycles. The number of carbonyl (C=O) groups is 1. The van der Waals surface area contributed by atoms with Crippen LogP contribution in [0.15, 0.2) is 16.9 Å². The summed E-state index contributed by atoms with van der Waals surface area (Å²) in [7, 11) is 0. The predicted octanol–water partition coefficient (Wildman–Crippen LogP) is 2.24. The highest BCUT2D eigenvalue weighted by atomic mass is 19.1. The Labute approximate surface area is 160 Å². The van der Waals surface area contributed by atoms with Crippen molar-refractivity contribution in [3.05, 3.63) is 50.6 Å². The molecule has 0 aliphatic carbocycles. The Balaban J connectivity index is 1.43. The van der Waals surface area contributed by atoms with Gasteiger partial charge < -0.3 is 15.0 Å². The highest BCUT2D eigenvalue weighted by Crippen LogP contribution is 2.46. The Morgan fingerprint density at radius 3 is 2.82 bits per heavy atom. The van der Waals surface area contributed by atoms with E-state index < -0.39 is 11.6 Å². The van der Waals surface area contributed by atoms with E-state index >= 15 is 0 Å². The lowest BCUT2D eigenvalue weighted by Crippen LogP contribution is -2.44. The van der Waals surface area contributed by atoms with Gasteiger partial charge in [-0.15, -0.1) is 0 Å². The molecule has 2 N–H and O–H groups in total. The summed E-state index contributed by atoms with van der Waals surface area (Å²) in [6, 6.07) is 3.14. The molecular weight excluding hydrogens is 363 g/mol. The first kappa shape index (κ1) is 17.2. The van der Waals surface area contributed by atoms with Crippen molar-refractivity contribution in [1.29, 1.82) is 0 Å². The molecule has 0 saturated carbocycles. The number of rotatable bonds is 1. The second-order valence-corrected chi connectivity index (χ2v) is 7.79. The summed E-state index contributed by atoms with van der Waals surface area (Å²) in [4.78, 5) is 34.1. The molecule has 7 nitrogen and oxygen atoms in total. The number of carbonyl (C=O) groups excluding carboxylic acids is 1. The molecule has 1 saturated heterocycles. The fraction of sp³-hybridized carbons (Fsp3) is 0.450. The van der Waals surface area contributed by atoms with Gasteiger partial charge in [-0.2, -0.15) is 4.98 Å². The number of nitrogens with one attached hydrogen (secondary N) is 2. The first-order chi connectivity index (χ1) is 13.5. The van der Waals surface area contributed by atoms with Crippen molar-refractivity contribution >= 4 is 17.7 Å². The number of halogens is 1. The van der Waals surface area contributed by atoms with Gasteiger partial charge in [-0.3, -0.25) is 9.78 Å². The fourth-order valence-electron chi connectivity index (χ4n) is 4.57. The molecule has 1 aromatic carbocycles. The van der Waals surface area contributed by atoms with Crippen molar-refractivity contribution in [3.8, 4) is 0 Å². The molecule has 0 unspecified atom stereocenters. The number of piperidine rings is 1. The normalized spacial score (nSPS) is 19.8. The molecular formula is C20H21FN4O3. The number of aromatic amines is 1. The maximum Gasteiger partial charge on any atom is 0.339 e. The van der Waals surface area contributed by atoms with Gasteiger partial charge in [0.15, 0.2) is 0 Å². The van der Waals surface area contributed by atoms with E-state index in [0.29, 0.717) is 60.0 Å². The Hall–Kier alpha value is -2.90. The monoisotopic (exact) mass is 384 g/mol. The standard InChI is InChI=1S/C20H21FN4O3/c1-11-9-13-15(14(21)10-11)20(28-18(13)27)4-7-25(8-5-20)19-23-16-12(17(26)24-19)3-2-6-22-16/h9-10H,2-8H2,1H3,(H2,22,23,24,26). The van der Waals surface area contributed by atoms with Crippen LogP contribution in [0.5, 0.6) is 0 Å². The molecule has 0 radical (unpaired) electrons. The number of hydrogen-bond acceptors (Lipinski definition) is 6. The largest absolute Gasteiger partial charge is 0.450 e. The summed E-state index contributed by atoms with van der Waals surface area (Å²) in [6.07, 6.45) is 2.53. The van der Waals surface area contributed by atoms with Crippen LogP contribution in [0.2, 0.25) is 0 Å². The summed E-state index contributed by atoms with van der Waals surface area (Å²) in [5.41, 5.74) is 1.04. The molecule has 0 atom stereocenters. The van der Waals surface area contributed by atoms with Gasteiger partial charge in [0.25, 0.3) is 5.56 Å². The van der Waals surface area contributed by atoms with Crippen molar-refractivity contribution in [2.75, 3.05) is 29.9 Å². The molecule has 8 heteroatoms. The quantitative estimate of drug-likeness (QED) is 0.734. The molecule has 0 bridgehead atoms. The Bertz CT molecular complexity index is 1040. The summed E-state index contributed by atoms with van der Waals surface area (Å²) in [5, 5.41) is 3.19. The topological polar surface area (TPSA) is 87.3 Å². The van der Waals surface area contributed by atoms with Gasteiger partial charge in [0.2, 0.25) is 5.95 Å². The number of nitrogens with zero attached hydrogens (tertiary/aromatic N) is 2. The predicted molar refractivity (Wildman–Crippen MR) is 101 cm³/mol. The molecule has 5 rings (SSSR count). The van der Waals surface area contributed by atoms with Crippen LogP contribution in [0.25, 0.3) is 0 Å². The van der Waals surface area contributed by atoms with Crippen LogP contribution in [0.3, 0.4) is 0 Å². The first-order valence-corrected chi connectivity index (χ1v) is 9.63. The third kappa shape index (κ3) is 2.51. The third-order valence-electron chi connectivity index (χ3n) is 5.97.